The summed E-state index contributed by atoms with van der Waals surface area (Å²) in [5, 5.41) is 0. The second-order valence-electron chi connectivity index (χ2n) is 5.69. The Labute approximate surface area is 140 Å². The minimum atomic E-state index is -0.329. The van der Waals surface area contributed by atoms with E-state index < -0.39 is 0 Å². The average Bonchev–Trinajstić information content (AvgIpc) is 3.03. The molecule has 3 nitrogen and oxygen atoms in total. The molecule has 0 bridgehead atoms. The van der Waals surface area contributed by atoms with E-state index in [-0.39, 0.29) is 23.5 Å². The number of amides is 1. The molecule has 0 N–H and O–H groups in total. The van der Waals surface area contributed by atoms with Gasteiger partial charge in [0.2, 0.25) is 0 Å². The Bertz CT molecular complexity index is 824. The van der Waals surface area contributed by atoms with E-state index in [0.29, 0.717) is 5.76 Å². The van der Waals surface area contributed by atoms with Gasteiger partial charge in [-0.2, -0.15) is 0 Å². The van der Waals surface area contributed by atoms with E-state index in [1.165, 1.54) is 12.1 Å². The summed E-state index contributed by atoms with van der Waals surface area (Å²) in [7, 11) is 1.72. The maximum atomic E-state index is 13.3. The third-order valence-electron chi connectivity index (χ3n) is 3.96. The van der Waals surface area contributed by atoms with Gasteiger partial charge in [0.05, 0.1) is 6.04 Å². The number of carbonyl (C=O) groups is 1. The van der Waals surface area contributed by atoms with Gasteiger partial charge in [0.1, 0.15) is 11.6 Å². The minimum Gasteiger partial charge on any atom is -0.456 e. The summed E-state index contributed by atoms with van der Waals surface area (Å²) in [6.07, 6.45) is 0. The van der Waals surface area contributed by atoms with E-state index in [9.17, 15) is 9.18 Å². The molecule has 0 aliphatic heterocycles. The Morgan fingerprint density at radius 1 is 0.958 bits per heavy atom. The first-order valence-corrected chi connectivity index (χ1v) is 7.70. The highest BCUT2D eigenvalue weighted by molar-refractivity contribution is 5.92. The molecule has 0 aliphatic carbocycles. The second-order valence-corrected chi connectivity index (χ2v) is 5.69. The molecule has 1 aromatic heterocycles. The highest BCUT2D eigenvalue weighted by atomic mass is 19.1. The topological polar surface area (TPSA) is 33.5 Å². The summed E-state index contributed by atoms with van der Waals surface area (Å²) in [5.74, 6) is 0.449. The van der Waals surface area contributed by atoms with Gasteiger partial charge in [0.25, 0.3) is 5.91 Å². The number of aryl methyl sites for hydroxylation is 1. The van der Waals surface area contributed by atoms with Gasteiger partial charge >= 0.3 is 0 Å². The average molecular weight is 323 g/mol. The molecule has 0 spiro atoms. The van der Waals surface area contributed by atoms with Gasteiger partial charge in [-0.05, 0) is 42.3 Å². The zero-order valence-corrected chi connectivity index (χ0v) is 13.6. The smallest absolute Gasteiger partial charge is 0.290 e. The molecular weight excluding hydrogens is 305 g/mol. The molecule has 4 heteroatoms. The number of hydrogen-bond donors (Lipinski definition) is 0. The Hall–Kier alpha value is -2.88. The molecule has 0 saturated heterocycles. The largest absolute Gasteiger partial charge is 0.456 e. The quantitative estimate of drug-likeness (QED) is 0.703. The van der Waals surface area contributed by atoms with Crippen molar-refractivity contribution >= 4 is 5.91 Å². The number of rotatable bonds is 4. The first-order valence-electron chi connectivity index (χ1n) is 7.70. The predicted octanol–water partition coefficient (Wildman–Crippen LogP) is 4.59. The number of furan rings is 1. The maximum absolute atomic E-state index is 13.3. The minimum absolute atomic E-state index is 0.221. The molecule has 0 radical (unpaired) electrons. The van der Waals surface area contributed by atoms with Crippen LogP contribution in [0.25, 0.3) is 0 Å². The molecule has 122 valence electrons. The van der Waals surface area contributed by atoms with Crippen molar-refractivity contribution in [2.45, 2.75) is 13.0 Å². The van der Waals surface area contributed by atoms with Gasteiger partial charge in [-0.15, -0.1) is 0 Å². The number of hydrogen-bond acceptors (Lipinski definition) is 2. The SMILES string of the molecule is Cc1ccc(C(=O)N(C)C(c2ccccc2)c2ccc(F)cc2)o1. The molecule has 3 rings (SSSR count). The molecule has 24 heavy (non-hydrogen) atoms. The first-order chi connectivity index (χ1) is 11.6. The first kappa shape index (κ1) is 16.0. The van der Waals surface area contributed by atoms with Gasteiger partial charge in [0, 0.05) is 7.05 Å². The highest BCUT2D eigenvalue weighted by Gasteiger charge is 2.26. The van der Waals surface area contributed by atoms with Crippen LogP contribution in [0.1, 0.15) is 33.5 Å². The number of halogens is 1. The maximum Gasteiger partial charge on any atom is 0.290 e. The van der Waals surface area contributed by atoms with Crippen molar-refractivity contribution in [1.82, 2.24) is 4.90 Å². The van der Waals surface area contributed by atoms with Crippen LogP contribution in [0.2, 0.25) is 0 Å². The Morgan fingerprint density at radius 2 is 1.58 bits per heavy atom. The predicted molar refractivity (Wildman–Crippen MR) is 90.2 cm³/mol. The zero-order chi connectivity index (χ0) is 17.1. The molecule has 3 aromatic rings. The summed E-state index contributed by atoms with van der Waals surface area (Å²) >= 11 is 0. The van der Waals surface area contributed by atoms with Gasteiger partial charge in [-0.1, -0.05) is 42.5 Å². The molecule has 2 aromatic carbocycles. The number of benzene rings is 2. The number of carbonyl (C=O) groups excluding carboxylic acids is 1. The van der Waals surface area contributed by atoms with Crippen LogP contribution in [0.15, 0.2) is 71.1 Å². The fourth-order valence-corrected chi connectivity index (χ4v) is 2.76. The fraction of sp³-hybridized carbons (Fsp3) is 0.150. The lowest BCUT2D eigenvalue weighted by atomic mass is 9.97. The van der Waals surface area contributed by atoms with E-state index >= 15 is 0 Å². The monoisotopic (exact) mass is 323 g/mol. The molecular formula is C20H18FNO2. The lowest BCUT2D eigenvalue weighted by Crippen LogP contribution is -2.31. The van der Waals surface area contributed by atoms with Crippen molar-refractivity contribution in [1.29, 1.82) is 0 Å². The number of nitrogens with zero attached hydrogens (tertiary/aromatic N) is 1. The molecule has 1 heterocycles. The van der Waals surface area contributed by atoms with Crippen LogP contribution in [-0.4, -0.2) is 17.9 Å². The molecule has 1 unspecified atom stereocenters. The molecule has 0 fully saturated rings. The van der Waals surface area contributed by atoms with Crippen molar-refractivity contribution in [2.24, 2.45) is 0 Å². The van der Waals surface area contributed by atoms with Gasteiger partial charge < -0.3 is 9.32 Å². The van der Waals surface area contributed by atoms with Crippen LogP contribution >= 0.6 is 0 Å². The summed E-state index contributed by atoms with van der Waals surface area (Å²) in [5.41, 5.74) is 1.78. The Kier molecular flexibility index (Phi) is 4.47. The van der Waals surface area contributed by atoms with Crippen LogP contribution in [0, 0.1) is 12.7 Å². The summed E-state index contributed by atoms with van der Waals surface area (Å²) in [6.45, 7) is 1.80. The van der Waals surface area contributed by atoms with Gasteiger partial charge in [-0.3, -0.25) is 4.79 Å². The Balaban J connectivity index is 2.01. The molecule has 1 atom stereocenters. The zero-order valence-electron chi connectivity index (χ0n) is 13.6. The lowest BCUT2D eigenvalue weighted by molar-refractivity contribution is 0.0721. The van der Waals surface area contributed by atoms with Gasteiger partial charge in [0.15, 0.2) is 5.76 Å². The van der Waals surface area contributed by atoms with E-state index in [1.54, 1.807) is 43.1 Å². The Morgan fingerprint density at radius 3 is 2.17 bits per heavy atom. The molecule has 1 amide bonds. The van der Waals surface area contributed by atoms with E-state index in [2.05, 4.69) is 0 Å². The van der Waals surface area contributed by atoms with Crippen molar-refractivity contribution in [2.75, 3.05) is 7.05 Å². The summed E-state index contributed by atoms with van der Waals surface area (Å²) < 4.78 is 18.7. The van der Waals surface area contributed by atoms with Crippen molar-refractivity contribution < 1.29 is 13.6 Å². The van der Waals surface area contributed by atoms with Crippen molar-refractivity contribution in [3.8, 4) is 0 Å². The van der Waals surface area contributed by atoms with Crippen LogP contribution in [0.4, 0.5) is 4.39 Å². The van der Waals surface area contributed by atoms with Crippen LogP contribution in [0.3, 0.4) is 0 Å². The standard InChI is InChI=1S/C20H18FNO2/c1-14-8-13-18(24-14)20(23)22(2)19(15-6-4-3-5-7-15)16-9-11-17(21)12-10-16/h3-13,19H,1-2H3. The van der Waals surface area contributed by atoms with Crippen molar-refractivity contribution in [3.05, 3.63) is 95.2 Å². The second kappa shape index (κ2) is 6.71. The molecule has 0 saturated carbocycles. The lowest BCUT2D eigenvalue weighted by Gasteiger charge is -2.28. The van der Waals surface area contributed by atoms with Crippen molar-refractivity contribution in [3.63, 3.8) is 0 Å². The van der Waals surface area contributed by atoms with Crippen LogP contribution < -0.4 is 0 Å². The normalized spacial score (nSPS) is 12.0. The highest BCUT2D eigenvalue weighted by Crippen LogP contribution is 2.29. The van der Waals surface area contributed by atoms with E-state index in [4.69, 9.17) is 4.42 Å². The van der Waals surface area contributed by atoms with E-state index in [0.717, 1.165) is 11.1 Å². The van der Waals surface area contributed by atoms with Crippen LogP contribution in [0.5, 0.6) is 0 Å². The summed E-state index contributed by atoms with van der Waals surface area (Å²) in [6, 6.07) is 19.0. The third-order valence-corrected chi connectivity index (χ3v) is 3.96. The molecule has 0 aliphatic rings. The fourth-order valence-electron chi connectivity index (χ4n) is 2.76. The van der Waals surface area contributed by atoms with Gasteiger partial charge in [-0.25, -0.2) is 4.39 Å². The summed E-state index contributed by atoms with van der Waals surface area (Å²) in [4.78, 5) is 14.4. The van der Waals surface area contributed by atoms with E-state index in [1.807, 2.05) is 30.3 Å². The van der Waals surface area contributed by atoms with Crippen LogP contribution in [-0.2, 0) is 0 Å². The third kappa shape index (κ3) is 3.23.